The van der Waals surface area contributed by atoms with E-state index in [0.717, 1.165) is 0 Å². The maximum Gasteiger partial charge on any atom is 0.274 e. The Morgan fingerprint density at radius 1 is 1.23 bits per heavy atom. The summed E-state index contributed by atoms with van der Waals surface area (Å²) in [6.45, 7) is 4.23. The van der Waals surface area contributed by atoms with Gasteiger partial charge in [0.2, 0.25) is 10.0 Å². The number of ether oxygens (including phenoxy) is 2. The number of benzene rings is 2. The van der Waals surface area contributed by atoms with Crippen molar-refractivity contribution in [3.63, 3.8) is 0 Å². The van der Waals surface area contributed by atoms with E-state index >= 15 is 0 Å². The molecular weight excluding hydrogens is 426 g/mol. The summed E-state index contributed by atoms with van der Waals surface area (Å²) in [4.78, 5) is 22.9. The number of amides is 1. The van der Waals surface area contributed by atoms with Gasteiger partial charge in [-0.3, -0.25) is 14.9 Å². The Bertz CT molecular complexity index is 1100. The number of hydrogen-bond acceptors (Lipinski definition) is 7. The number of morpholine rings is 1. The van der Waals surface area contributed by atoms with Crippen LogP contribution in [0.25, 0.3) is 0 Å². The minimum absolute atomic E-state index is 0.0911. The molecule has 11 heteroatoms. The molecule has 1 amide bonds. The molecule has 0 radical (unpaired) electrons. The van der Waals surface area contributed by atoms with Gasteiger partial charge in [0.15, 0.2) is 6.61 Å². The third-order valence-electron chi connectivity index (χ3n) is 4.89. The Morgan fingerprint density at radius 3 is 2.58 bits per heavy atom. The molecule has 1 aliphatic rings. The second-order valence-corrected chi connectivity index (χ2v) is 8.93. The van der Waals surface area contributed by atoms with Crippen LogP contribution in [0.3, 0.4) is 0 Å². The fourth-order valence-corrected chi connectivity index (χ4v) is 4.66. The van der Waals surface area contributed by atoms with Crippen molar-refractivity contribution in [2.24, 2.45) is 0 Å². The van der Waals surface area contributed by atoms with E-state index in [0.29, 0.717) is 48.9 Å². The average molecular weight is 449 g/mol. The molecule has 0 unspecified atom stereocenters. The fraction of sp³-hybridized carbons (Fsp3) is 0.350. The standard InChI is InChI=1S/C20H23N3O7S/c1-14-12-16(31(27,28)22-8-10-29-11-9-22)6-7-19(14)30-13-20(24)21-17-4-3-5-18(15(17)2)23(25)26/h3-7,12H,8-11,13H2,1-2H3,(H,21,24). The average Bonchev–Trinajstić information content (AvgIpc) is 2.74. The largest absolute Gasteiger partial charge is 0.483 e. The van der Waals surface area contributed by atoms with Gasteiger partial charge in [-0.2, -0.15) is 4.31 Å². The Labute approximate surface area is 180 Å². The van der Waals surface area contributed by atoms with E-state index in [2.05, 4.69) is 5.32 Å². The molecule has 2 aromatic carbocycles. The molecule has 31 heavy (non-hydrogen) atoms. The maximum absolute atomic E-state index is 12.7. The lowest BCUT2D eigenvalue weighted by molar-refractivity contribution is -0.385. The summed E-state index contributed by atoms with van der Waals surface area (Å²) in [6.07, 6.45) is 0. The molecule has 1 saturated heterocycles. The van der Waals surface area contributed by atoms with E-state index < -0.39 is 20.9 Å². The van der Waals surface area contributed by atoms with Crippen molar-refractivity contribution in [1.82, 2.24) is 4.31 Å². The number of carbonyl (C=O) groups is 1. The SMILES string of the molecule is Cc1cc(S(=O)(=O)N2CCOCC2)ccc1OCC(=O)Nc1cccc([N+](=O)[O-])c1C. The van der Waals surface area contributed by atoms with E-state index in [1.54, 1.807) is 19.9 Å². The molecule has 2 aromatic rings. The number of rotatable bonds is 7. The highest BCUT2D eigenvalue weighted by atomic mass is 32.2. The molecule has 1 N–H and O–H groups in total. The third-order valence-corrected chi connectivity index (χ3v) is 6.78. The summed E-state index contributed by atoms with van der Waals surface area (Å²) in [5.41, 5.74) is 1.14. The third kappa shape index (κ3) is 5.19. The van der Waals surface area contributed by atoms with Gasteiger partial charge >= 0.3 is 0 Å². The topological polar surface area (TPSA) is 128 Å². The van der Waals surface area contributed by atoms with Crippen LogP contribution >= 0.6 is 0 Å². The van der Waals surface area contributed by atoms with Gasteiger partial charge in [-0.1, -0.05) is 6.07 Å². The predicted molar refractivity (Wildman–Crippen MR) is 113 cm³/mol. The zero-order chi connectivity index (χ0) is 22.6. The summed E-state index contributed by atoms with van der Waals surface area (Å²) >= 11 is 0. The van der Waals surface area contributed by atoms with Crippen LogP contribution in [0.1, 0.15) is 11.1 Å². The molecular formula is C20H23N3O7S. The second-order valence-electron chi connectivity index (χ2n) is 6.99. The molecule has 0 atom stereocenters. The van der Waals surface area contributed by atoms with Gasteiger partial charge < -0.3 is 14.8 Å². The minimum atomic E-state index is -3.63. The number of aryl methyl sites for hydroxylation is 1. The van der Waals surface area contributed by atoms with Crippen molar-refractivity contribution in [2.75, 3.05) is 38.2 Å². The molecule has 10 nitrogen and oxygen atoms in total. The van der Waals surface area contributed by atoms with Crippen LogP contribution in [0.15, 0.2) is 41.3 Å². The molecule has 1 heterocycles. The first-order chi connectivity index (χ1) is 14.7. The van der Waals surface area contributed by atoms with E-state index in [-0.39, 0.29) is 17.2 Å². The van der Waals surface area contributed by atoms with Crippen LogP contribution in [0.2, 0.25) is 0 Å². The Balaban J connectivity index is 1.65. The van der Waals surface area contributed by atoms with E-state index in [1.807, 2.05) is 0 Å². The first-order valence-corrected chi connectivity index (χ1v) is 11.0. The number of anilines is 1. The molecule has 166 valence electrons. The summed E-state index contributed by atoms with van der Waals surface area (Å²) in [7, 11) is -3.63. The van der Waals surface area contributed by atoms with E-state index in [4.69, 9.17) is 9.47 Å². The number of nitrogens with zero attached hydrogens (tertiary/aromatic N) is 2. The monoisotopic (exact) mass is 449 g/mol. The lowest BCUT2D eigenvalue weighted by atomic mass is 10.1. The molecule has 1 aliphatic heterocycles. The van der Waals surface area contributed by atoms with Crippen LogP contribution < -0.4 is 10.1 Å². The molecule has 0 saturated carbocycles. The lowest BCUT2D eigenvalue weighted by Gasteiger charge is -2.26. The summed E-state index contributed by atoms with van der Waals surface area (Å²) < 4.78 is 37.6. The van der Waals surface area contributed by atoms with Crippen molar-refractivity contribution in [1.29, 1.82) is 0 Å². The molecule has 0 bridgehead atoms. The summed E-state index contributed by atoms with van der Waals surface area (Å²) in [5, 5.41) is 13.6. The molecule has 0 aliphatic carbocycles. The number of nitrogens with one attached hydrogen (secondary N) is 1. The number of nitro benzene ring substituents is 1. The normalized spacial score (nSPS) is 14.8. The van der Waals surface area contributed by atoms with Crippen LogP contribution in [-0.4, -0.2) is 56.5 Å². The zero-order valence-corrected chi connectivity index (χ0v) is 18.0. The van der Waals surface area contributed by atoms with Crippen LogP contribution in [0.4, 0.5) is 11.4 Å². The quantitative estimate of drug-likeness (QED) is 0.507. The highest BCUT2D eigenvalue weighted by Gasteiger charge is 2.26. The lowest BCUT2D eigenvalue weighted by Crippen LogP contribution is -2.40. The number of hydrogen-bond donors (Lipinski definition) is 1. The smallest absolute Gasteiger partial charge is 0.274 e. The Hall–Kier alpha value is -3.02. The molecule has 0 spiro atoms. The van der Waals surface area contributed by atoms with Gasteiger partial charge in [0.05, 0.1) is 34.3 Å². The Morgan fingerprint density at radius 2 is 1.94 bits per heavy atom. The van der Waals surface area contributed by atoms with Gasteiger partial charge in [-0.25, -0.2) is 8.42 Å². The Kier molecular flexibility index (Phi) is 6.88. The van der Waals surface area contributed by atoms with Crippen LogP contribution in [0, 0.1) is 24.0 Å². The van der Waals surface area contributed by atoms with E-state index in [9.17, 15) is 23.3 Å². The fourth-order valence-electron chi connectivity index (χ4n) is 3.17. The van der Waals surface area contributed by atoms with Gasteiger partial charge in [0, 0.05) is 19.2 Å². The van der Waals surface area contributed by atoms with Gasteiger partial charge in [-0.05, 0) is 43.7 Å². The number of nitro groups is 1. The van der Waals surface area contributed by atoms with Crippen LogP contribution in [0.5, 0.6) is 5.75 Å². The molecule has 0 aromatic heterocycles. The zero-order valence-electron chi connectivity index (χ0n) is 17.2. The highest BCUT2D eigenvalue weighted by molar-refractivity contribution is 7.89. The van der Waals surface area contributed by atoms with Crippen molar-refractivity contribution in [3.05, 3.63) is 57.6 Å². The van der Waals surface area contributed by atoms with Crippen molar-refractivity contribution in [3.8, 4) is 5.75 Å². The second kappa shape index (κ2) is 9.41. The highest BCUT2D eigenvalue weighted by Crippen LogP contribution is 2.26. The first kappa shape index (κ1) is 22.7. The van der Waals surface area contributed by atoms with E-state index in [1.165, 1.54) is 34.6 Å². The minimum Gasteiger partial charge on any atom is -0.483 e. The van der Waals surface area contributed by atoms with Crippen molar-refractivity contribution >= 4 is 27.3 Å². The number of sulfonamides is 1. The van der Waals surface area contributed by atoms with Crippen molar-refractivity contribution < 1.29 is 27.6 Å². The maximum atomic E-state index is 12.7. The number of carbonyl (C=O) groups excluding carboxylic acids is 1. The van der Waals surface area contributed by atoms with Crippen LogP contribution in [-0.2, 0) is 19.6 Å². The first-order valence-electron chi connectivity index (χ1n) is 9.55. The van der Waals surface area contributed by atoms with Gasteiger partial charge in [0.25, 0.3) is 11.6 Å². The predicted octanol–water partition coefficient (Wildman–Crippen LogP) is 2.25. The van der Waals surface area contributed by atoms with Crippen molar-refractivity contribution in [2.45, 2.75) is 18.7 Å². The van der Waals surface area contributed by atoms with Gasteiger partial charge in [0.1, 0.15) is 5.75 Å². The molecule has 3 rings (SSSR count). The molecule has 1 fully saturated rings. The van der Waals surface area contributed by atoms with Gasteiger partial charge in [-0.15, -0.1) is 0 Å². The summed E-state index contributed by atoms with van der Waals surface area (Å²) in [5.74, 6) is -0.125. The summed E-state index contributed by atoms with van der Waals surface area (Å²) in [6, 6.07) is 8.86.